The predicted octanol–water partition coefficient (Wildman–Crippen LogP) is 3.24. The number of hydrogen-bond donors (Lipinski definition) is 3. The van der Waals surface area contributed by atoms with Gasteiger partial charge in [-0.1, -0.05) is 49.9 Å². The standard InChI is InChI=1S/C23H34N2O3/c26-16-19-10-8-18(9-11-19)14-23(28)25-21-7-3-6-20(15-21)24-22(27)13-12-17-4-1-2-5-17/h8-11,17,20-21,26H,1-7,12-16H2,(H,24,27)(H,25,28)/t20-,21-/m1/s1. The van der Waals surface area contributed by atoms with Gasteiger partial charge in [0, 0.05) is 18.5 Å². The number of carbonyl (C=O) groups is 2. The number of benzene rings is 1. The number of aliphatic hydroxyl groups excluding tert-OH is 1. The smallest absolute Gasteiger partial charge is 0.224 e. The highest BCUT2D eigenvalue weighted by molar-refractivity contribution is 5.79. The summed E-state index contributed by atoms with van der Waals surface area (Å²) in [6.07, 6.45) is 11.1. The summed E-state index contributed by atoms with van der Waals surface area (Å²) < 4.78 is 0. The van der Waals surface area contributed by atoms with Crippen molar-refractivity contribution >= 4 is 11.8 Å². The first-order chi connectivity index (χ1) is 13.6. The SMILES string of the molecule is O=C(CCC1CCCC1)N[C@@H]1CCC[C@@H](NC(=O)Cc2ccc(CO)cc2)C1. The first kappa shape index (κ1) is 20.8. The summed E-state index contributed by atoms with van der Waals surface area (Å²) in [6.45, 7) is 0.0162. The summed E-state index contributed by atoms with van der Waals surface area (Å²) >= 11 is 0. The van der Waals surface area contributed by atoms with Gasteiger partial charge >= 0.3 is 0 Å². The minimum atomic E-state index is 0.0162. The second kappa shape index (κ2) is 10.6. The molecule has 2 fully saturated rings. The summed E-state index contributed by atoms with van der Waals surface area (Å²) in [4.78, 5) is 24.6. The molecular weight excluding hydrogens is 352 g/mol. The zero-order valence-electron chi connectivity index (χ0n) is 16.8. The lowest BCUT2D eigenvalue weighted by atomic mass is 9.90. The van der Waals surface area contributed by atoms with E-state index in [1.165, 1.54) is 25.7 Å². The maximum atomic E-state index is 12.4. The van der Waals surface area contributed by atoms with Crippen molar-refractivity contribution in [1.82, 2.24) is 10.6 Å². The Morgan fingerprint density at radius 1 is 0.857 bits per heavy atom. The third-order valence-corrected chi connectivity index (χ3v) is 6.23. The molecule has 0 spiro atoms. The van der Waals surface area contributed by atoms with E-state index in [-0.39, 0.29) is 30.5 Å². The predicted molar refractivity (Wildman–Crippen MR) is 110 cm³/mol. The minimum Gasteiger partial charge on any atom is -0.392 e. The second-order valence-electron chi connectivity index (χ2n) is 8.54. The number of carbonyl (C=O) groups excluding carboxylic acids is 2. The molecule has 5 nitrogen and oxygen atoms in total. The van der Waals surface area contributed by atoms with E-state index in [0.29, 0.717) is 12.8 Å². The van der Waals surface area contributed by atoms with E-state index in [4.69, 9.17) is 5.11 Å². The molecule has 5 heteroatoms. The summed E-state index contributed by atoms with van der Waals surface area (Å²) in [7, 11) is 0. The first-order valence-electron chi connectivity index (χ1n) is 10.9. The van der Waals surface area contributed by atoms with Crippen LogP contribution in [0.5, 0.6) is 0 Å². The van der Waals surface area contributed by atoms with Gasteiger partial charge < -0.3 is 15.7 Å². The molecule has 0 unspecified atom stereocenters. The Labute approximate surface area is 168 Å². The van der Waals surface area contributed by atoms with E-state index in [1.54, 1.807) is 0 Å². The van der Waals surface area contributed by atoms with E-state index >= 15 is 0 Å². The lowest BCUT2D eigenvalue weighted by Gasteiger charge is -2.30. The fraction of sp³-hybridized carbons (Fsp3) is 0.652. The van der Waals surface area contributed by atoms with Crippen LogP contribution >= 0.6 is 0 Å². The fourth-order valence-corrected chi connectivity index (χ4v) is 4.61. The van der Waals surface area contributed by atoms with Gasteiger partial charge in [-0.3, -0.25) is 9.59 Å². The number of hydrogen-bond acceptors (Lipinski definition) is 3. The largest absolute Gasteiger partial charge is 0.392 e. The zero-order chi connectivity index (χ0) is 19.8. The van der Waals surface area contributed by atoms with E-state index in [1.807, 2.05) is 24.3 Å². The maximum Gasteiger partial charge on any atom is 0.224 e. The van der Waals surface area contributed by atoms with Crippen LogP contribution in [-0.2, 0) is 22.6 Å². The summed E-state index contributed by atoms with van der Waals surface area (Å²) in [5, 5.41) is 15.4. The molecule has 0 radical (unpaired) electrons. The number of aliphatic hydroxyl groups is 1. The monoisotopic (exact) mass is 386 g/mol. The van der Waals surface area contributed by atoms with Crippen LogP contribution < -0.4 is 10.6 Å². The Bertz CT molecular complexity index is 638. The third-order valence-electron chi connectivity index (χ3n) is 6.23. The number of nitrogens with one attached hydrogen (secondary N) is 2. The van der Waals surface area contributed by atoms with Crippen molar-refractivity contribution in [2.75, 3.05) is 0 Å². The molecule has 0 saturated heterocycles. The Balaban J connectivity index is 1.38. The molecule has 0 bridgehead atoms. The van der Waals surface area contributed by atoms with E-state index < -0.39 is 0 Å². The van der Waals surface area contributed by atoms with Gasteiger partial charge in [0.25, 0.3) is 0 Å². The highest BCUT2D eigenvalue weighted by Crippen LogP contribution is 2.28. The second-order valence-corrected chi connectivity index (χ2v) is 8.54. The Kier molecular flexibility index (Phi) is 7.90. The number of amides is 2. The van der Waals surface area contributed by atoms with Crippen LogP contribution in [-0.4, -0.2) is 29.0 Å². The van der Waals surface area contributed by atoms with Crippen molar-refractivity contribution in [2.45, 2.75) is 89.3 Å². The topological polar surface area (TPSA) is 78.4 Å². The van der Waals surface area contributed by atoms with Crippen molar-refractivity contribution in [3.63, 3.8) is 0 Å². The summed E-state index contributed by atoms with van der Waals surface area (Å²) in [5.41, 5.74) is 1.80. The molecule has 2 saturated carbocycles. The van der Waals surface area contributed by atoms with Crippen LogP contribution in [0.25, 0.3) is 0 Å². The maximum absolute atomic E-state index is 12.4. The van der Waals surface area contributed by atoms with Gasteiger partial charge in [0.2, 0.25) is 11.8 Å². The van der Waals surface area contributed by atoms with Crippen molar-refractivity contribution in [3.05, 3.63) is 35.4 Å². The summed E-state index contributed by atoms with van der Waals surface area (Å²) in [6, 6.07) is 7.79. The Hall–Kier alpha value is -1.88. The molecule has 0 aromatic heterocycles. The van der Waals surface area contributed by atoms with Gasteiger partial charge in [-0.25, -0.2) is 0 Å². The molecule has 2 aliphatic carbocycles. The van der Waals surface area contributed by atoms with Crippen LogP contribution in [0, 0.1) is 5.92 Å². The van der Waals surface area contributed by atoms with Crippen LogP contribution in [0.4, 0.5) is 0 Å². The van der Waals surface area contributed by atoms with Crippen LogP contribution in [0.3, 0.4) is 0 Å². The third kappa shape index (κ3) is 6.62. The molecular formula is C23H34N2O3. The zero-order valence-corrected chi connectivity index (χ0v) is 16.8. The van der Waals surface area contributed by atoms with Crippen LogP contribution in [0.2, 0.25) is 0 Å². The van der Waals surface area contributed by atoms with E-state index in [0.717, 1.165) is 49.1 Å². The van der Waals surface area contributed by atoms with Crippen molar-refractivity contribution in [3.8, 4) is 0 Å². The lowest BCUT2D eigenvalue weighted by molar-refractivity contribution is -0.122. The van der Waals surface area contributed by atoms with Gasteiger partial charge in [0.15, 0.2) is 0 Å². The van der Waals surface area contributed by atoms with Gasteiger partial charge in [0.1, 0.15) is 0 Å². The molecule has 3 N–H and O–H groups in total. The first-order valence-corrected chi connectivity index (χ1v) is 10.9. The Morgan fingerprint density at radius 3 is 2.11 bits per heavy atom. The molecule has 1 aromatic rings. The van der Waals surface area contributed by atoms with Crippen LogP contribution in [0.1, 0.15) is 75.3 Å². The van der Waals surface area contributed by atoms with Crippen LogP contribution in [0.15, 0.2) is 24.3 Å². The van der Waals surface area contributed by atoms with Gasteiger partial charge in [-0.15, -0.1) is 0 Å². The molecule has 28 heavy (non-hydrogen) atoms. The summed E-state index contributed by atoms with van der Waals surface area (Å²) in [5.74, 6) is 0.943. The average molecular weight is 387 g/mol. The van der Waals surface area contributed by atoms with Crippen molar-refractivity contribution in [2.24, 2.45) is 5.92 Å². The van der Waals surface area contributed by atoms with Crippen molar-refractivity contribution in [1.29, 1.82) is 0 Å². The lowest BCUT2D eigenvalue weighted by Crippen LogP contribution is -2.46. The molecule has 154 valence electrons. The van der Waals surface area contributed by atoms with Gasteiger partial charge in [-0.05, 0) is 49.1 Å². The van der Waals surface area contributed by atoms with Crippen molar-refractivity contribution < 1.29 is 14.7 Å². The minimum absolute atomic E-state index is 0.0162. The average Bonchev–Trinajstić information content (AvgIpc) is 3.21. The molecule has 2 amide bonds. The molecule has 1 aromatic carbocycles. The molecule has 3 rings (SSSR count). The molecule has 2 aliphatic rings. The highest BCUT2D eigenvalue weighted by Gasteiger charge is 2.25. The molecule has 0 heterocycles. The number of rotatable bonds is 8. The normalized spacial score (nSPS) is 22.8. The van der Waals surface area contributed by atoms with Gasteiger partial charge in [0.05, 0.1) is 13.0 Å². The molecule has 0 aliphatic heterocycles. The molecule has 2 atom stereocenters. The van der Waals surface area contributed by atoms with Gasteiger partial charge in [-0.2, -0.15) is 0 Å². The van der Waals surface area contributed by atoms with E-state index in [2.05, 4.69) is 10.6 Å². The fourth-order valence-electron chi connectivity index (χ4n) is 4.61. The van der Waals surface area contributed by atoms with E-state index in [9.17, 15) is 9.59 Å². The Morgan fingerprint density at radius 2 is 1.46 bits per heavy atom. The highest BCUT2D eigenvalue weighted by atomic mass is 16.3. The quantitative estimate of drug-likeness (QED) is 0.642.